The summed E-state index contributed by atoms with van der Waals surface area (Å²) in [7, 11) is 1.32. The number of rotatable bonds is 7. The Kier molecular flexibility index (Phi) is 11.9. The van der Waals surface area contributed by atoms with E-state index in [0.717, 1.165) is 5.75 Å². The van der Waals surface area contributed by atoms with Crippen molar-refractivity contribution in [2.24, 2.45) is 11.7 Å². The van der Waals surface area contributed by atoms with Gasteiger partial charge in [0.05, 0.1) is 19.1 Å². The fraction of sp³-hybridized carbons (Fsp3) is 0.800. The lowest BCUT2D eigenvalue weighted by Gasteiger charge is -2.14. The first-order chi connectivity index (χ1) is 7.52. The maximum atomic E-state index is 11.5. The zero-order valence-electron chi connectivity index (χ0n) is 10.4. The molecule has 0 spiro atoms. The van der Waals surface area contributed by atoms with Crippen LogP contribution in [0.15, 0.2) is 0 Å². The summed E-state index contributed by atoms with van der Waals surface area (Å²) in [5, 5.41) is 2.63. The number of carbonyl (C=O) groups excluding carboxylic acids is 2. The second-order valence-corrected chi connectivity index (χ2v) is 4.54. The molecule has 0 fully saturated rings. The number of methoxy groups -OCH3 is 1. The van der Waals surface area contributed by atoms with Gasteiger partial charge in [-0.25, -0.2) is 0 Å². The predicted octanol–water partition coefficient (Wildman–Crippen LogP) is 0.414. The molecule has 0 aliphatic carbocycles. The van der Waals surface area contributed by atoms with Crippen molar-refractivity contribution < 1.29 is 14.3 Å². The number of esters is 1. The summed E-state index contributed by atoms with van der Waals surface area (Å²) in [4.78, 5) is 22.5. The third-order valence-corrected chi connectivity index (χ3v) is 2.80. The highest BCUT2D eigenvalue weighted by molar-refractivity contribution is 7.98. The van der Waals surface area contributed by atoms with Crippen LogP contribution in [0.4, 0.5) is 0 Å². The summed E-state index contributed by atoms with van der Waals surface area (Å²) in [6.07, 6.45) is 2.60. The van der Waals surface area contributed by atoms with E-state index in [1.165, 1.54) is 7.11 Å². The van der Waals surface area contributed by atoms with Crippen LogP contribution in [0.2, 0.25) is 0 Å². The lowest BCUT2D eigenvalue weighted by Crippen LogP contribution is -2.43. The van der Waals surface area contributed by atoms with Gasteiger partial charge >= 0.3 is 5.97 Å². The summed E-state index contributed by atoms with van der Waals surface area (Å²) in [6.45, 7) is 1.96. The van der Waals surface area contributed by atoms with Crippen LogP contribution < -0.4 is 11.1 Å². The van der Waals surface area contributed by atoms with Crippen LogP contribution in [0, 0.1) is 5.92 Å². The standard InChI is InChI=1S/C10H20N2O3S.ClH/c1-7(10(14)15-2)6-12-9(13)8(11)4-5-16-3;/h7-8H,4-6,11H2,1-3H3,(H,12,13);1H/t7?,8-;/m0./s1. The van der Waals surface area contributed by atoms with Crippen molar-refractivity contribution >= 4 is 36.0 Å². The highest BCUT2D eigenvalue weighted by Crippen LogP contribution is 2.00. The number of halogens is 1. The highest BCUT2D eigenvalue weighted by Gasteiger charge is 2.17. The van der Waals surface area contributed by atoms with E-state index in [-0.39, 0.29) is 36.7 Å². The molecule has 102 valence electrons. The van der Waals surface area contributed by atoms with Gasteiger partial charge in [-0.2, -0.15) is 11.8 Å². The van der Waals surface area contributed by atoms with Gasteiger partial charge in [0, 0.05) is 6.54 Å². The molecule has 0 aliphatic heterocycles. The lowest BCUT2D eigenvalue weighted by molar-refractivity contribution is -0.144. The van der Waals surface area contributed by atoms with Gasteiger partial charge in [-0.3, -0.25) is 9.59 Å². The van der Waals surface area contributed by atoms with Gasteiger partial charge in [-0.05, 0) is 18.4 Å². The molecule has 0 heterocycles. The molecular weight excluding hydrogens is 264 g/mol. The van der Waals surface area contributed by atoms with Crippen molar-refractivity contribution in [3.8, 4) is 0 Å². The zero-order valence-corrected chi connectivity index (χ0v) is 12.0. The zero-order chi connectivity index (χ0) is 12.6. The lowest BCUT2D eigenvalue weighted by atomic mass is 10.1. The summed E-state index contributed by atoms with van der Waals surface area (Å²) in [5.74, 6) is -0.0503. The van der Waals surface area contributed by atoms with E-state index in [4.69, 9.17) is 5.73 Å². The number of carbonyl (C=O) groups is 2. The van der Waals surface area contributed by atoms with Crippen LogP contribution in [0.3, 0.4) is 0 Å². The smallest absolute Gasteiger partial charge is 0.310 e. The first-order valence-electron chi connectivity index (χ1n) is 5.13. The van der Waals surface area contributed by atoms with Gasteiger partial charge in [-0.1, -0.05) is 6.92 Å². The Morgan fingerprint density at radius 3 is 2.53 bits per heavy atom. The summed E-state index contributed by atoms with van der Waals surface area (Å²) < 4.78 is 4.54. The second-order valence-electron chi connectivity index (χ2n) is 3.56. The molecule has 3 N–H and O–H groups in total. The summed E-state index contributed by atoms with van der Waals surface area (Å²) in [5.41, 5.74) is 5.66. The van der Waals surface area contributed by atoms with E-state index in [2.05, 4.69) is 10.1 Å². The number of nitrogens with one attached hydrogen (secondary N) is 1. The molecule has 5 nitrogen and oxygen atoms in total. The van der Waals surface area contributed by atoms with Gasteiger partial charge in [-0.15, -0.1) is 12.4 Å². The van der Waals surface area contributed by atoms with Gasteiger partial charge in [0.25, 0.3) is 0 Å². The van der Waals surface area contributed by atoms with Crippen molar-refractivity contribution in [3.63, 3.8) is 0 Å². The molecule has 0 rings (SSSR count). The number of thioether (sulfide) groups is 1. The van der Waals surface area contributed by atoms with E-state index >= 15 is 0 Å². The molecule has 1 amide bonds. The van der Waals surface area contributed by atoms with Crippen molar-refractivity contribution in [2.45, 2.75) is 19.4 Å². The van der Waals surface area contributed by atoms with E-state index in [1.54, 1.807) is 18.7 Å². The monoisotopic (exact) mass is 284 g/mol. The quantitative estimate of drug-likeness (QED) is 0.662. The minimum absolute atomic E-state index is 0. The van der Waals surface area contributed by atoms with E-state index < -0.39 is 6.04 Å². The molecule has 0 aromatic heterocycles. The Balaban J connectivity index is 0. The van der Waals surface area contributed by atoms with Crippen LogP contribution in [-0.4, -0.2) is 43.6 Å². The van der Waals surface area contributed by atoms with E-state index in [0.29, 0.717) is 6.42 Å². The van der Waals surface area contributed by atoms with Crippen LogP contribution in [0.5, 0.6) is 0 Å². The number of hydrogen-bond acceptors (Lipinski definition) is 5. The Morgan fingerprint density at radius 2 is 2.06 bits per heavy atom. The van der Waals surface area contributed by atoms with E-state index in [1.807, 2.05) is 6.26 Å². The maximum absolute atomic E-state index is 11.5. The average molecular weight is 285 g/mol. The molecule has 0 bridgehead atoms. The van der Waals surface area contributed by atoms with Crippen LogP contribution in [0.1, 0.15) is 13.3 Å². The van der Waals surface area contributed by atoms with Crippen LogP contribution in [-0.2, 0) is 14.3 Å². The minimum atomic E-state index is -0.503. The summed E-state index contributed by atoms with van der Waals surface area (Å²) >= 11 is 1.65. The SMILES string of the molecule is COC(=O)C(C)CNC(=O)[C@@H](N)CCSC.Cl. The third-order valence-electron chi connectivity index (χ3n) is 2.16. The van der Waals surface area contributed by atoms with E-state index in [9.17, 15) is 9.59 Å². The van der Waals surface area contributed by atoms with Crippen molar-refractivity contribution in [2.75, 3.05) is 25.7 Å². The first-order valence-corrected chi connectivity index (χ1v) is 6.52. The molecule has 0 aliphatic rings. The first kappa shape index (κ1) is 18.9. The number of ether oxygens (including phenoxy) is 1. The molecule has 0 saturated heterocycles. The fourth-order valence-corrected chi connectivity index (χ4v) is 1.53. The molecule has 17 heavy (non-hydrogen) atoms. The minimum Gasteiger partial charge on any atom is -0.469 e. The van der Waals surface area contributed by atoms with Crippen molar-refractivity contribution in [1.29, 1.82) is 0 Å². The van der Waals surface area contributed by atoms with Crippen molar-refractivity contribution in [1.82, 2.24) is 5.32 Å². The third kappa shape index (κ3) is 8.29. The Bertz CT molecular complexity index is 242. The normalized spacial score (nSPS) is 13.2. The maximum Gasteiger partial charge on any atom is 0.310 e. The van der Waals surface area contributed by atoms with Crippen LogP contribution >= 0.6 is 24.2 Å². The summed E-state index contributed by atoms with van der Waals surface area (Å²) in [6, 6.07) is -0.503. The molecule has 2 atom stereocenters. The molecule has 1 unspecified atom stereocenters. The van der Waals surface area contributed by atoms with Gasteiger partial charge in [0.2, 0.25) is 5.91 Å². The molecular formula is C10H21ClN2O3S. The Hall–Kier alpha value is -0.460. The van der Waals surface area contributed by atoms with Gasteiger partial charge < -0.3 is 15.8 Å². The largest absolute Gasteiger partial charge is 0.469 e. The molecule has 0 radical (unpaired) electrons. The molecule has 0 aromatic rings. The number of amides is 1. The molecule has 0 saturated carbocycles. The average Bonchev–Trinajstić information content (AvgIpc) is 2.31. The Morgan fingerprint density at radius 1 is 1.47 bits per heavy atom. The highest BCUT2D eigenvalue weighted by atomic mass is 35.5. The molecule has 7 heteroatoms. The van der Waals surface area contributed by atoms with Crippen LogP contribution in [0.25, 0.3) is 0 Å². The number of nitrogens with two attached hydrogens (primary N) is 1. The van der Waals surface area contributed by atoms with Crippen molar-refractivity contribution in [3.05, 3.63) is 0 Å². The van der Waals surface area contributed by atoms with Gasteiger partial charge in [0.1, 0.15) is 0 Å². The number of hydrogen-bond donors (Lipinski definition) is 2. The predicted molar refractivity (Wildman–Crippen MR) is 72.4 cm³/mol. The van der Waals surface area contributed by atoms with Gasteiger partial charge in [0.15, 0.2) is 0 Å². The fourth-order valence-electron chi connectivity index (χ4n) is 1.05. The Labute approximate surface area is 113 Å². The topological polar surface area (TPSA) is 81.4 Å². The molecule has 0 aromatic carbocycles. The second kappa shape index (κ2) is 10.7.